The van der Waals surface area contributed by atoms with E-state index in [0.29, 0.717) is 11.3 Å². The average molecular weight is 500 g/mol. The Morgan fingerprint density at radius 2 is 1.65 bits per heavy atom. The Morgan fingerprint density at radius 3 is 2.19 bits per heavy atom. The van der Waals surface area contributed by atoms with Crippen LogP contribution in [0.15, 0.2) is 60.2 Å². The molecule has 8 nitrogen and oxygen atoms in total. The number of anilines is 1. The zero-order valence-corrected chi connectivity index (χ0v) is 21.9. The fourth-order valence-corrected chi connectivity index (χ4v) is 4.80. The maximum atomic E-state index is 12.8. The lowest BCUT2D eigenvalue weighted by Gasteiger charge is -2.32. The number of nitrogens with one attached hydrogen (secondary N) is 1. The normalized spacial score (nSPS) is 18.0. The van der Waals surface area contributed by atoms with Gasteiger partial charge in [0.05, 0.1) is 17.4 Å². The summed E-state index contributed by atoms with van der Waals surface area (Å²) in [5.74, 6) is 0.501. The van der Waals surface area contributed by atoms with Crippen LogP contribution < -0.4 is 11.1 Å². The molecule has 192 valence electrons. The smallest absolute Gasteiger partial charge is 0.449 e. The number of nitrogens with two attached hydrogens (primary N) is 1. The Balaban J connectivity index is 1.30. The first-order chi connectivity index (χ1) is 17.6. The van der Waals surface area contributed by atoms with E-state index in [1.807, 2.05) is 58.0 Å². The highest BCUT2D eigenvalue weighted by molar-refractivity contribution is 6.56. The first-order valence-corrected chi connectivity index (χ1v) is 12.5. The lowest BCUT2D eigenvalue weighted by molar-refractivity contribution is 0.00578. The molecule has 1 saturated heterocycles. The van der Waals surface area contributed by atoms with Crippen LogP contribution in [0.25, 0.3) is 17.2 Å². The molecule has 0 unspecified atom stereocenters. The van der Waals surface area contributed by atoms with E-state index in [1.54, 1.807) is 17.9 Å². The van der Waals surface area contributed by atoms with Gasteiger partial charge < -0.3 is 25.1 Å². The molecule has 3 aromatic rings. The van der Waals surface area contributed by atoms with Gasteiger partial charge in [-0.15, -0.1) is 0 Å². The Morgan fingerprint density at radius 1 is 1.08 bits per heavy atom. The van der Waals surface area contributed by atoms with Crippen LogP contribution in [-0.4, -0.2) is 47.3 Å². The van der Waals surface area contributed by atoms with Crippen LogP contribution in [0.2, 0.25) is 0 Å². The minimum absolute atomic E-state index is 0.00792. The quantitative estimate of drug-likeness (QED) is 0.482. The van der Waals surface area contributed by atoms with Gasteiger partial charge in [-0.2, -0.15) is 5.10 Å². The summed E-state index contributed by atoms with van der Waals surface area (Å²) in [4.78, 5) is 12.8. The van der Waals surface area contributed by atoms with Gasteiger partial charge in [-0.3, -0.25) is 4.68 Å². The molecule has 9 heteroatoms. The second kappa shape index (κ2) is 9.39. The molecule has 1 aliphatic carbocycles. The molecule has 37 heavy (non-hydrogen) atoms. The molecular weight excluding hydrogens is 467 g/mol. The van der Waals surface area contributed by atoms with Crippen LogP contribution in [0.3, 0.4) is 0 Å². The first-order valence-electron chi connectivity index (χ1n) is 12.5. The number of nitrogens with zero attached hydrogens (tertiary/aromatic N) is 2. The second-order valence-electron chi connectivity index (χ2n) is 10.6. The number of carbonyl (C=O) groups is 1. The number of hydrogen-bond donors (Lipinski definition) is 2. The molecule has 1 aliphatic heterocycles. The molecule has 0 radical (unpaired) electrons. The van der Waals surface area contributed by atoms with E-state index in [9.17, 15) is 4.79 Å². The average Bonchev–Trinajstić information content (AvgIpc) is 3.43. The van der Waals surface area contributed by atoms with Crippen molar-refractivity contribution in [3.05, 3.63) is 76.9 Å². The van der Waals surface area contributed by atoms with E-state index in [0.717, 1.165) is 5.56 Å². The van der Waals surface area contributed by atoms with Gasteiger partial charge in [0.1, 0.15) is 12.4 Å². The van der Waals surface area contributed by atoms with E-state index in [-0.39, 0.29) is 19.1 Å². The lowest BCUT2D eigenvalue weighted by atomic mass is 9.77. The predicted octanol–water partition coefficient (Wildman–Crippen LogP) is 4.56. The molecule has 5 rings (SSSR count). The zero-order chi connectivity index (χ0) is 26.4. The minimum Gasteiger partial charge on any atom is -0.449 e. The maximum absolute atomic E-state index is 12.8. The van der Waals surface area contributed by atoms with Gasteiger partial charge >= 0.3 is 13.2 Å². The molecule has 1 aromatic heterocycles. The minimum atomic E-state index is -0.654. The van der Waals surface area contributed by atoms with Crippen molar-refractivity contribution in [3.8, 4) is 11.1 Å². The number of aryl methyl sites for hydroxylation is 1. The number of fused-ring (bicyclic) bond motifs is 3. The number of rotatable bonds is 6. The molecule has 2 aliphatic rings. The fourth-order valence-electron chi connectivity index (χ4n) is 4.80. The van der Waals surface area contributed by atoms with E-state index in [2.05, 4.69) is 34.7 Å². The van der Waals surface area contributed by atoms with E-state index < -0.39 is 24.4 Å². The zero-order valence-electron chi connectivity index (χ0n) is 21.9. The van der Waals surface area contributed by atoms with Crippen LogP contribution in [-0.2, 0) is 21.1 Å². The van der Waals surface area contributed by atoms with Crippen molar-refractivity contribution in [1.82, 2.24) is 15.1 Å². The molecule has 2 aromatic carbocycles. The fraction of sp³-hybridized carbons (Fsp3) is 0.357. The van der Waals surface area contributed by atoms with E-state index in [1.165, 1.54) is 22.3 Å². The van der Waals surface area contributed by atoms with Crippen molar-refractivity contribution in [2.24, 2.45) is 7.05 Å². The third kappa shape index (κ3) is 4.65. The molecular formula is C28H33BN4O4. The Kier molecular flexibility index (Phi) is 6.37. The van der Waals surface area contributed by atoms with Crippen LogP contribution in [0.1, 0.15) is 50.3 Å². The third-order valence-electron chi connectivity index (χ3n) is 7.69. The number of aromatic nitrogens is 2. The summed E-state index contributed by atoms with van der Waals surface area (Å²) in [5.41, 5.74) is 11.3. The van der Waals surface area contributed by atoms with Crippen LogP contribution in [0.5, 0.6) is 0 Å². The number of alkyl carbamates (subject to hydrolysis) is 1. The standard InChI is InChI=1S/C28H33BN4O4/c1-27(2)28(3,4)37-29(36-27)19(14-18-15-32-33(5)25(18)30)16-31-26(34)35-17-24-22-12-8-6-10-20(22)21-11-7-9-13-23(21)24/h6-15,24H,16-17,30H2,1-5H3,(H,31,34). The van der Waals surface area contributed by atoms with Crippen LogP contribution >= 0.6 is 0 Å². The van der Waals surface area contributed by atoms with Gasteiger partial charge in [0, 0.05) is 25.1 Å². The summed E-state index contributed by atoms with van der Waals surface area (Å²) >= 11 is 0. The highest BCUT2D eigenvalue weighted by atomic mass is 16.7. The van der Waals surface area contributed by atoms with Crippen molar-refractivity contribution in [3.63, 3.8) is 0 Å². The molecule has 0 atom stereocenters. The third-order valence-corrected chi connectivity index (χ3v) is 7.69. The number of carbonyl (C=O) groups excluding carboxylic acids is 1. The van der Waals surface area contributed by atoms with Gasteiger partial charge in [-0.25, -0.2) is 4.79 Å². The largest absolute Gasteiger partial charge is 0.492 e. The maximum Gasteiger partial charge on any atom is 0.492 e. The van der Waals surface area contributed by atoms with E-state index >= 15 is 0 Å². The molecule has 0 spiro atoms. The first kappa shape index (κ1) is 25.1. The monoisotopic (exact) mass is 500 g/mol. The molecule has 3 N–H and O–H groups in total. The highest BCUT2D eigenvalue weighted by Crippen LogP contribution is 2.44. The summed E-state index contributed by atoms with van der Waals surface area (Å²) in [6, 6.07) is 16.5. The van der Waals surface area contributed by atoms with Crippen molar-refractivity contribution >= 4 is 25.1 Å². The number of amides is 1. The van der Waals surface area contributed by atoms with Crippen molar-refractivity contribution < 1.29 is 18.8 Å². The van der Waals surface area contributed by atoms with Gasteiger partial charge in [0.2, 0.25) is 0 Å². The predicted molar refractivity (Wildman–Crippen MR) is 145 cm³/mol. The summed E-state index contributed by atoms with van der Waals surface area (Å²) < 4.78 is 19.8. The second-order valence-corrected chi connectivity index (χ2v) is 10.6. The highest BCUT2D eigenvalue weighted by Gasteiger charge is 2.52. The molecule has 0 saturated carbocycles. The topological polar surface area (TPSA) is 101 Å². The summed E-state index contributed by atoms with van der Waals surface area (Å²) in [5, 5.41) is 7.09. The molecule has 1 amide bonds. The van der Waals surface area contributed by atoms with Crippen molar-refractivity contribution in [2.75, 3.05) is 18.9 Å². The number of benzene rings is 2. The summed E-state index contributed by atoms with van der Waals surface area (Å²) in [7, 11) is 1.12. The Bertz CT molecular complexity index is 1300. The lowest BCUT2D eigenvalue weighted by Crippen LogP contribution is -2.41. The van der Waals surface area contributed by atoms with Gasteiger partial charge in [-0.05, 0) is 55.4 Å². The SMILES string of the molecule is Cn1ncc(C=C(CNC(=O)OCC2c3ccccc3-c3ccccc32)B2OC(C)(C)C(C)(C)O2)c1N. The van der Waals surface area contributed by atoms with Crippen LogP contribution in [0, 0.1) is 0 Å². The van der Waals surface area contributed by atoms with Gasteiger partial charge in [0.25, 0.3) is 0 Å². The molecule has 0 bridgehead atoms. The summed E-state index contributed by atoms with van der Waals surface area (Å²) in [6.45, 7) is 8.36. The van der Waals surface area contributed by atoms with Gasteiger partial charge in [-0.1, -0.05) is 54.6 Å². The molecule has 1 fully saturated rings. The van der Waals surface area contributed by atoms with E-state index in [4.69, 9.17) is 19.8 Å². The van der Waals surface area contributed by atoms with Crippen LogP contribution in [0.4, 0.5) is 10.6 Å². The summed E-state index contributed by atoms with van der Waals surface area (Å²) in [6.07, 6.45) is 3.02. The number of nitrogen functional groups attached to an aromatic ring is 1. The number of ether oxygens (including phenoxy) is 1. The Labute approximate surface area is 217 Å². The Hall–Kier alpha value is -3.56. The van der Waals surface area contributed by atoms with Crippen molar-refractivity contribution in [2.45, 2.75) is 44.8 Å². The van der Waals surface area contributed by atoms with Gasteiger partial charge in [0.15, 0.2) is 0 Å². The number of hydrogen-bond acceptors (Lipinski definition) is 6. The van der Waals surface area contributed by atoms with Crippen molar-refractivity contribution in [1.29, 1.82) is 0 Å². The molecule has 2 heterocycles.